The predicted octanol–water partition coefficient (Wildman–Crippen LogP) is 3.83. The van der Waals surface area contributed by atoms with Gasteiger partial charge in [-0.25, -0.2) is 22.5 Å². The first-order chi connectivity index (χ1) is 16.4. The third kappa shape index (κ3) is 4.50. The van der Waals surface area contributed by atoms with Crippen molar-refractivity contribution in [2.24, 2.45) is 0 Å². The van der Waals surface area contributed by atoms with Crippen LogP contribution in [0.1, 0.15) is 34.0 Å². The van der Waals surface area contributed by atoms with E-state index in [0.29, 0.717) is 16.8 Å². The van der Waals surface area contributed by atoms with E-state index in [-0.39, 0.29) is 19.3 Å². The lowest BCUT2D eigenvalue weighted by Gasteiger charge is -2.27. The highest BCUT2D eigenvalue weighted by Crippen LogP contribution is 2.39. The van der Waals surface area contributed by atoms with Crippen LogP contribution in [0.15, 0.2) is 56.9 Å². The highest BCUT2D eigenvalue weighted by Gasteiger charge is 2.42. The molecule has 1 aliphatic rings. The van der Waals surface area contributed by atoms with Gasteiger partial charge in [0.1, 0.15) is 23.5 Å². The van der Waals surface area contributed by atoms with Gasteiger partial charge in [-0.2, -0.15) is 13.2 Å². The van der Waals surface area contributed by atoms with E-state index >= 15 is 0 Å². The molecule has 0 aliphatic heterocycles. The van der Waals surface area contributed by atoms with Gasteiger partial charge in [-0.3, -0.25) is 14.6 Å². The minimum absolute atomic E-state index is 0. The Bertz CT molecular complexity index is 1560. The van der Waals surface area contributed by atoms with E-state index in [0.717, 1.165) is 18.2 Å². The zero-order valence-corrected chi connectivity index (χ0v) is 17.6. The molecule has 35 heavy (non-hydrogen) atoms. The van der Waals surface area contributed by atoms with Crippen LogP contribution < -0.4 is 16.6 Å². The maximum Gasteiger partial charge on any atom is 0.420 e. The molecule has 1 aromatic carbocycles. The molecule has 2 atom stereocenters. The van der Waals surface area contributed by atoms with Crippen molar-refractivity contribution in [3.8, 4) is 0 Å². The highest BCUT2D eigenvalue weighted by atomic mass is 19.4. The number of aromatic nitrogens is 3. The first kappa shape index (κ1) is 24.0. The summed E-state index contributed by atoms with van der Waals surface area (Å²) in [4.78, 5) is 44.7. The smallest absolute Gasteiger partial charge is 0.346 e. The van der Waals surface area contributed by atoms with Gasteiger partial charge in [-0.15, -0.1) is 5.73 Å². The molecule has 0 unspecified atom stereocenters. The molecule has 0 saturated heterocycles. The van der Waals surface area contributed by atoms with Crippen LogP contribution in [0.25, 0.3) is 10.9 Å². The maximum atomic E-state index is 14.1. The summed E-state index contributed by atoms with van der Waals surface area (Å²) in [7, 11) is 0. The lowest BCUT2D eigenvalue weighted by atomic mass is 9.90. The van der Waals surface area contributed by atoms with Gasteiger partial charge in [0, 0.05) is 20.9 Å². The Kier molecular flexibility index (Phi) is 5.89. The molecule has 7 nitrogen and oxygen atoms in total. The fourth-order valence-corrected chi connectivity index (χ4v) is 3.67. The van der Waals surface area contributed by atoms with Crippen LogP contribution in [0.5, 0.6) is 0 Å². The summed E-state index contributed by atoms with van der Waals surface area (Å²) < 4.78 is 80.3. The summed E-state index contributed by atoms with van der Waals surface area (Å²) >= 11 is 0. The Labute approximate surface area is 194 Å². The number of pyridine rings is 1. The van der Waals surface area contributed by atoms with E-state index < -0.39 is 70.6 Å². The number of nitrogens with one attached hydrogen (secondary N) is 2. The molecule has 0 spiro atoms. The molecule has 1 amide bonds. The quantitative estimate of drug-likeness (QED) is 0.411. The molecular formula is C22H18F6N4O3. The van der Waals surface area contributed by atoms with Crippen molar-refractivity contribution < 1.29 is 34.0 Å². The van der Waals surface area contributed by atoms with Crippen molar-refractivity contribution in [3.63, 3.8) is 0 Å². The summed E-state index contributed by atoms with van der Waals surface area (Å²) in [5, 5.41) is 1.94. The van der Waals surface area contributed by atoms with E-state index in [4.69, 9.17) is 0 Å². The normalized spacial score (nSPS) is 15.2. The van der Waals surface area contributed by atoms with Gasteiger partial charge in [0.15, 0.2) is 0 Å². The maximum absolute atomic E-state index is 14.1. The second kappa shape index (κ2) is 8.58. The molecule has 0 saturated carbocycles. The van der Waals surface area contributed by atoms with Crippen molar-refractivity contribution in [3.05, 3.63) is 91.3 Å². The summed E-state index contributed by atoms with van der Waals surface area (Å²) in [6.45, 7) is 1.26. The number of carbonyl (C=O) groups excluding carboxylic acids is 1. The zero-order valence-electron chi connectivity index (χ0n) is 17.6. The number of fused-ring (bicyclic) bond motifs is 1. The Hall–Kier alpha value is -4.12. The molecule has 2 heterocycles. The van der Waals surface area contributed by atoms with Crippen LogP contribution in [-0.2, 0) is 4.79 Å². The topological polar surface area (TPSA) is 96.9 Å². The van der Waals surface area contributed by atoms with Gasteiger partial charge in [0.25, 0.3) is 5.56 Å². The summed E-state index contributed by atoms with van der Waals surface area (Å²) in [6, 6.07) is 0.252. The van der Waals surface area contributed by atoms with Gasteiger partial charge in [-0.05, 0) is 25.1 Å². The Balaban J connectivity index is 0.00000241. The highest BCUT2D eigenvalue weighted by molar-refractivity contribution is 5.85. The third-order valence-corrected chi connectivity index (χ3v) is 5.35. The van der Waals surface area contributed by atoms with Crippen molar-refractivity contribution >= 4 is 16.8 Å². The number of carbonyl (C=O) groups is 1. The Morgan fingerprint density at radius 2 is 1.89 bits per heavy atom. The van der Waals surface area contributed by atoms with Gasteiger partial charge >= 0.3 is 11.9 Å². The van der Waals surface area contributed by atoms with Crippen LogP contribution >= 0.6 is 0 Å². The predicted molar refractivity (Wildman–Crippen MR) is 114 cm³/mol. The lowest BCUT2D eigenvalue weighted by molar-refractivity contribution is -0.124. The van der Waals surface area contributed by atoms with E-state index in [2.05, 4.69) is 15.3 Å². The summed E-state index contributed by atoms with van der Waals surface area (Å²) in [6.07, 6.45) is -4.87. The second-order valence-corrected chi connectivity index (χ2v) is 7.75. The van der Waals surface area contributed by atoms with Gasteiger partial charge in [-0.1, -0.05) is 0 Å². The van der Waals surface area contributed by atoms with Crippen LogP contribution in [0.2, 0.25) is 0 Å². The first-order valence-electron chi connectivity index (χ1n) is 9.98. The van der Waals surface area contributed by atoms with Crippen LogP contribution in [0.4, 0.5) is 26.3 Å². The number of rotatable bonds is 5. The summed E-state index contributed by atoms with van der Waals surface area (Å²) in [5.74, 6) is -4.07. The first-order valence-corrected chi connectivity index (χ1v) is 9.98. The van der Waals surface area contributed by atoms with E-state index in [1.54, 1.807) is 0 Å². The SMILES string of the molecule is C[C@H](NC(=O)[C@@H](C1=C=C(C(F)(F)F)C1)n1c(=O)[nH]c2ccc(F)cc2c1=O)c1ncc(F)cc1F.[HH].[HH]. The number of benzene rings is 1. The standard InChI is InChI=1S/C22H14F6N4O3.2H2/c1-9(17-15(25)7-13(24)8-29-17)30-19(33)18(10-4-11(5-10)22(26,27)28)32-20(34)14-6-12(23)2-3-16(14)31-21(32)35;;/h2-3,6-9,18H,4H2,1H3,(H,30,33)(H,31,35);2*1H/t9-,18+;;/m0../s1. The monoisotopic (exact) mass is 500 g/mol. The molecule has 186 valence electrons. The van der Waals surface area contributed by atoms with Gasteiger partial charge < -0.3 is 10.3 Å². The molecule has 4 rings (SSSR count). The number of nitrogens with zero attached hydrogens (tertiary/aromatic N) is 2. The summed E-state index contributed by atoms with van der Waals surface area (Å²) in [5.41, 5.74) is -2.24. The van der Waals surface area contributed by atoms with Crippen molar-refractivity contribution in [1.82, 2.24) is 19.9 Å². The Morgan fingerprint density at radius 3 is 2.51 bits per heavy atom. The van der Waals surface area contributed by atoms with Gasteiger partial charge in [0.05, 0.1) is 34.4 Å². The van der Waals surface area contributed by atoms with Crippen molar-refractivity contribution in [2.45, 2.75) is 31.6 Å². The number of hydrogen-bond acceptors (Lipinski definition) is 4. The second-order valence-electron chi connectivity index (χ2n) is 7.75. The van der Waals surface area contributed by atoms with E-state index in [9.17, 15) is 40.7 Å². The molecule has 0 bridgehead atoms. The molecule has 2 N–H and O–H groups in total. The minimum atomic E-state index is -4.75. The average molecular weight is 500 g/mol. The third-order valence-electron chi connectivity index (χ3n) is 5.35. The number of aromatic amines is 1. The number of amides is 1. The number of alkyl halides is 3. The molecule has 1 aliphatic carbocycles. The molecule has 0 fully saturated rings. The largest absolute Gasteiger partial charge is 0.420 e. The Morgan fingerprint density at radius 1 is 1.20 bits per heavy atom. The average Bonchev–Trinajstić information content (AvgIpc) is 2.71. The lowest BCUT2D eigenvalue weighted by Crippen LogP contribution is -2.46. The molecule has 13 heteroatoms. The van der Waals surface area contributed by atoms with Gasteiger partial charge in [0.2, 0.25) is 5.91 Å². The molecule has 3 aromatic rings. The fraction of sp³-hybridized carbons (Fsp3) is 0.227. The number of halogens is 6. The van der Waals surface area contributed by atoms with Crippen molar-refractivity contribution in [1.29, 1.82) is 0 Å². The number of H-pyrrole nitrogens is 1. The van der Waals surface area contributed by atoms with Crippen LogP contribution in [0.3, 0.4) is 0 Å². The van der Waals surface area contributed by atoms with Crippen LogP contribution in [0, 0.1) is 17.5 Å². The number of hydrogen-bond donors (Lipinski definition) is 2. The minimum Gasteiger partial charge on any atom is -0.346 e. The van der Waals surface area contributed by atoms with Crippen molar-refractivity contribution in [2.75, 3.05) is 0 Å². The molecule has 2 aromatic heterocycles. The van der Waals surface area contributed by atoms with E-state index in [1.807, 2.05) is 5.73 Å². The molecule has 0 radical (unpaired) electrons. The fourth-order valence-electron chi connectivity index (χ4n) is 3.67. The van der Waals surface area contributed by atoms with Crippen LogP contribution in [-0.4, -0.2) is 26.6 Å². The zero-order chi connectivity index (χ0) is 25.7. The van der Waals surface area contributed by atoms with E-state index in [1.165, 1.54) is 6.92 Å². The molecular weight excluding hydrogens is 482 g/mol.